The van der Waals surface area contributed by atoms with Gasteiger partial charge in [-0.05, 0) is 32.4 Å². The first-order chi connectivity index (χ1) is 9.06. The number of imidazole rings is 1. The lowest BCUT2D eigenvalue weighted by Gasteiger charge is -2.03. The van der Waals surface area contributed by atoms with Crippen molar-refractivity contribution in [3.8, 4) is 11.4 Å². The highest BCUT2D eigenvalue weighted by Gasteiger charge is 2.12. The van der Waals surface area contributed by atoms with Crippen LogP contribution in [0.2, 0.25) is 0 Å². The number of hydrogen-bond acceptors (Lipinski definition) is 4. The molecule has 3 heterocycles. The Morgan fingerprint density at radius 1 is 1.21 bits per heavy atom. The van der Waals surface area contributed by atoms with Gasteiger partial charge in [0.25, 0.3) is 5.56 Å². The second kappa shape index (κ2) is 4.01. The van der Waals surface area contributed by atoms with E-state index in [0.29, 0.717) is 22.9 Å². The minimum atomic E-state index is -0.190. The highest BCUT2D eigenvalue weighted by Crippen LogP contribution is 2.14. The number of H-pyrrole nitrogens is 1. The van der Waals surface area contributed by atoms with Gasteiger partial charge in [-0.1, -0.05) is 0 Å². The number of pyridine rings is 1. The molecule has 0 amide bonds. The third-order valence-electron chi connectivity index (χ3n) is 2.99. The van der Waals surface area contributed by atoms with Gasteiger partial charge in [0.15, 0.2) is 11.3 Å². The minimum Gasteiger partial charge on any atom is -0.303 e. The topological polar surface area (TPSA) is 75.9 Å². The van der Waals surface area contributed by atoms with Gasteiger partial charge in [-0.3, -0.25) is 9.78 Å². The van der Waals surface area contributed by atoms with E-state index in [4.69, 9.17) is 0 Å². The van der Waals surface area contributed by atoms with Crippen LogP contribution in [0.15, 0.2) is 23.3 Å². The van der Waals surface area contributed by atoms with Crippen molar-refractivity contribution in [2.24, 2.45) is 0 Å². The average Bonchev–Trinajstić information content (AvgIpc) is 2.65. The zero-order valence-electron chi connectivity index (χ0n) is 10.9. The molecule has 1 N–H and O–H groups in total. The predicted molar refractivity (Wildman–Crippen MR) is 71.0 cm³/mol. The molecule has 0 atom stereocenters. The maximum atomic E-state index is 12.1. The smallest absolute Gasteiger partial charge is 0.277 e. The van der Waals surface area contributed by atoms with Crippen molar-refractivity contribution in [2.75, 3.05) is 0 Å². The van der Waals surface area contributed by atoms with Gasteiger partial charge >= 0.3 is 0 Å². The number of aromatic nitrogens is 5. The lowest BCUT2D eigenvalue weighted by molar-refractivity contribution is 0.849. The van der Waals surface area contributed by atoms with Crippen LogP contribution in [0.25, 0.3) is 16.9 Å². The molecule has 0 aliphatic heterocycles. The van der Waals surface area contributed by atoms with Gasteiger partial charge in [0, 0.05) is 18.0 Å². The summed E-state index contributed by atoms with van der Waals surface area (Å²) in [6, 6.07) is 1.93. The van der Waals surface area contributed by atoms with E-state index in [1.165, 1.54) is 0 Å². The summed E-state index contributed by atoms with van der Waals surface area (Å²) in [6.07, 6.45) is 3.43. The quantitative estimate of drug-likeness (QED) is 0.713. The number of nitrogens with zero attached hydrogens (tertiary/aromatic N) is 4. The monoisotopic (exact) mass is 255 g/mol. The Balaban J connectivity index is 2.32. The van der Waals surface area contributed by atoms with E-state index >= 15 is 0 Å². The van der Waals surface area contributed by atoms with E-state index in [-0.39, 0.29) is 5.56 Å². The van der Waals surface area contributed by atoms with E-state index in [2.05, 4.69) is 20.1 Å². The van der Waals surface area contributed by atoms with Crippen LogP contribution in [0.3, 0.4) is 0 Å². The summed E-state index contributed by atoms with van der Waals surface area (Å²) in [7, 11) is 0. The van der Waals surface area contributed by atoms with E-state index in [1.54, 1.807) is 23.8 Å². The fraction of sp³-hybridized carbons (Fsp3) is 0.231. The lowest BCUT2D eigenvalue weighted by atomic mass is 10.2. The largest absolute Gasteiger partial charge is 0.303 e. The van der Waals surface area contributed by atoms with E-state index in [1.807, 2.05) is 19.9 Å². The second-order valence-electron chi connectivity index (χ2n) is 4.56. The summed E-state index contributed by atoms with van der Waals surface area (Å²) in [5.41, 5.74) is 2.77. The Labute approximate surface area is 109 Å². The van der Waals surface area contributed by atoms with Gasteiger partial charge in [0.05, 0.1) is 5.69 Å². The fourth-order valence-corrected chi connectivity index (χ4v) is 2.15. The number of hydrogen-bond donors (Lipinski definition) is 1. The highest BCUT2D eigenvalue weighted by molar-refractivity contribution is 5.57. The Morgan fingerprint density at radius 3 is 2.74 bits per heavy atom. The first kappa shape index (κ1) is 11.6. The first-order valence-electron chi connectivity index (χ1n) is 5.94. The number of aryl methyl sites for hydroxylation is 3. The van der Waals surface area contributed by atoms with Crippen molar-refractivity contribution in [3.05, 3.63) is 45.9 Å². The molecule has 0 fully saturated rings. The molecule has 6 nitrogen and oxygen atoms in total. The Bertz CT molecular complexity index is 831. The van der Waals surface area contributed by atoms with Crippen molar-refractivity contribution in [2.45, 2.75) is 20.8 Å². The maximum Gasteiger partial charge on any atom is 0.277 e. The Hall–Kier alpha value is -2.50. The number of aromatic amines is 1. The molecule has 0 bridgehead atoms. The molecule has 3 rings (SSSR count). The molecule has 0 aromatic carbocycles. The minimum absolute atomic E-state index is 0.190. The molecule has 0 spiro atoms. The van der Waals surface area contributed by atoms with Crippen LogP contribution < -0.4 is 5.56 Å². The molecule has 3 aromatic rings. The number of fused-ring (bicyclic) bond motifs is 1. The third kappa shape index (κ3) is 1.81. The van der Waals surface area contributed by atoms with E-state index in [0.717, 1.165) is 11.1 Å². The highest BCUT2D eigenvalue weighted by atomic mass is 16.1. The standard InChI is InChI=1S/C13H13N5O/c1-7-4-10(6-14-5-7)12-16-13(19)11-8(2)15-9(3)18(11)17-12/h4-6H,1-3H3,(H,16,17,19). The van der Waals surface area contributed by atoms with Gasteiger partial charge in [-0.2, -0.15) is 0 Å². The summed E-state index contributed by atoms with van der Waals surface area (Å²) in [5.74, 6) is 1.19. The summed E-state index contributed by atoms with van der Waals surface area (Å²) in [5, 5.41) is 4.43. The first-order valence-corrected chi connectivity index (χ1v) is 5.94. The normalized spacial score (nSPS) is 11.1. The third-order valence-corrected chi connectivity index (χ3v) is 2.99. The number of rotatable bonds is 1. The summed E-state index contributed by atoms with van der Waals surface area (Å²) >= 11 is 0. The van der Waals surface area contributed by atoms with Gasteiger partial charge in [-0.15, -0.1) is 5.10 Å². The molecule has 3 aromatic heterocycles. The van der Waals surface area contributed by atoms with Gasteiger partial charge in [-0.25, -0.2) is 9.50 Å². The SMILES string of the molecule is Cc1cncc(-c2nn3c(C)nc(C)c3c(=O)[nH]2)c1. The van der Waals surface area contributed by atoms with Crippen LogP contribution in [0.1, 0.15) is 17.1 Å². The van der Waals surface area contributed by atoms with E-state index in [9.17, 15) is 4.79 Å². The van der Waals surface area contributed by atoms with Crippen molar-refractivity contribution in [1.82, 2.24) is 24.6 Å². The molecular formula is C13H13N5O. The van der Waals surface area contributed by atoms with Crippen molar-refractivity contribution >= 4 is 5.52 Å². The molecule has 0 saturated heterocycles. The lowest BCUT2D eigenvalue weighted by Crippen LogP contribution is -2.15. The molecule has 0 saturated carbocycles. The van der Waals surface area contributed by atoms with Crippen LogP contribution >= 0.6 is 0 Å². The van der Waals surface area contributed by atoms with Crippen molar-refractivity contribution in [1.29, 1.82) is 0 Å². The Kier molecular flexibility index (Phi) is 2.45. The zero-order valence-corrected chi connectivity index (χ0v) is 10.9. The Morgan fingerprint density at radius 2 is 2.00 bits per heavy atom. The van der Waals surface area contributed by atoms with Gasteiger partial charge < -0.3 is 4.98 Å². The molecular weight excluding hydrogens is 242 g/mol. The molecule has 0 unspecified atom stereocenters. The van der Waals surface area contributed by atoms with Gasteiger partial charge in [0.2, 0.25) is 0 Å². The average molecular weight is 255 g/mol. The van der Waals surface area contributed by atoms with Crippen LogP contribution in [0.5, 0.6) is 0 Å². The molecule has 0 radical (unpaired) electrons. The molecule has 0 aliphatic rings. The van der Waals surface area contributed by atoms with E-state index < -0.39 is 0 Å². The van der Waals surface area contributed by atoms with Crippen LogP contribution in [0, 0.1) is 20.8 Å². The second-order valence-corrected chi connectivity index (χ2v) is 4.56. The van der Waals surface area contributed by atoms with Crippen molar-refractivity contribution in [3.63, 3.8) is 0 Å². The molecule has 0 aliphatic carbocycles. The van der Waals surface area contributed by atoms with Crippen LogP contribution in [-0.4, -0.2) is 24.6 Å². The fourth-order valence-electron chi connectivity index (χ4n) is 2.15. The molecule has 96 valence electrons. The maximum absolute atomic E-state index is 12.1. The number of nitrogens with one attached hydrogen (secondary N) is 1. The zero-order chi connectivity index (χ0) is 13.6. The van der Waals surface area contributed by atoms with Crippen LogP contribution in [0.4, 0.5) is 0 Å². The summed E-state index contributed by atoms with van der Waals surface area (Å²) in [6.45, 7) is 5.57. The summed E-state index contributed by atoms with van der Waals surface area (Å²) < 4.78 is 1.58. The molecule has 6 heteroatoms. The summed E-state index contributed by atoms with van der Waals surface area (Å²) in [4.78, 5) is 23.3. The van der Waals surface area contributed by atoms with Gasteiger partial charge in [0.1, 0.15) is 5.82 Å². The molecule has 19 heavy (non-hydrogen) atoms. The van der Waals surface area contributed by atoms with Crippen LogP contribution in [-0.2, 0) is 0 Å². The van der Waals surface area contributed by atoms with Crippen molar-refractivity contribution < 1.29 is 0 Å². The predicted octanol–water partition coefficient (Wildman–Crippen LogP) is 1.40.